The zero-order valence-corrected chi connectivity index (χ0v) is 9.06. The summed E-state index contributed by atoms with van der Waals surface area (Å²) < 4.78 is 5.05. The van der Waals surface area contributed by atoms with Crippen LogP contribution in [0.3, 0.4) is 0 Å². The third kappa shape index (κ3) is 2.07. The minimum absolute atomic E-state index is 0.116. The smallest absolute Gasteiger partial charge is 0.306 e. The third-order valence-corrected chi connectivity index (χ3v) is 3.43. The Kier molecular flexibility index (Phi) is 3.10. The lowest BCUT2D eigenvalue weighted by molar-refractivity contribution is -0.145. The Morgan fingerprint density at radius 2 is 2.33 bits per heavy atom. The van der Waals surface area contributed by atoms with Crippen molar-refractivity contribution >= 4 is 5.97 Å². The zero-order valence-electron chi connectivity index (χ0n) is 9.06. The van der Waals surface area contributed by atoms with Crippen molar-refractivity contribution in [3.8, 4) is 0 Å². The number of hydrogen-bond acceptors (Lipinski definition) is 3. The summed E-state index contributed by atoms with van der Waals surface area (Å²) >= 11 is 0. The number of aliphatic hydroxyl groups excluding tert-OH is 1. The molecule has 2 bridgehead atoms. The van der Waals surface area contributed by atoms with Crippen LogP contribution in [0.15, 0.2) is 12.2 Å². The second-order valence-electron chi connectivity index (χ2n) is 4.54. The van der Waals surface area contributed by atoms with E-state index in [0.717, 1.165) is 12.8 Å². The van der Waals surface area contributed by atoms with Crippen LogP contribution in [0.1, 0.15) is 26.2 Å². The number of rotatable bonds is 4. The van der Waals surface area contributed by atoms with Crippen molar-refractivity contribution in [1.29, 1.82) is 0 Å². The largest absolute Gasteiger partial charge is 0.466 e. The third-order valence-electron chi connectivity index (χ3n) is 3.43. The van der Waals surface area contributed by atoms with E-state index in [1.165, 1.54) is 0 Å². The van der Waals surface area contributed by atoms with Crippen molar-refractivity contribution in [2.45, 2.75) is 32.3 Å². The molecular formula is C12H18O3. The van der Waals surface area contributed by atoms with Gasteiger partial charge < -0.3 is 9.84 Å². The van der Waals surface area contributed by atoms with E-state index in [1.807, 2.05) is 6.92 Å². The molecule has 0 aromatic heterocycles. The van der Waals surface area contributed by atoms with Gasteiger partial charge in [-0.3, -0.25) is 4.79 Å². The van der Waals surface area contributed by atoms with E-state index in [4.69, 9.17) is 4.74 Å². The molecule has 0 amide bonds. The summed E-state index contributed by atoms with van der Waals surface area (Å²) in [5.74, 6) is 0.637. The molecule has 0 spiro atoms. The molecule has 2 rings (SSSR count). The predicted molar refractivity (Wildman–Crippen MR) is 56.1 cm³/mol. The minimum atomic E-state index is -0.256. The van der Waals surface area contributed by atoms with E-state index in [9.17, 15) is 9.90 Å². The van der Waals surface area contributed by atoms with Gasteiger partial charge in [-0.05, 0) is 18.8 Å². The highest BCUT2D eigenvalue weighted by Gasteiger charge is 2.44. The van der Waals surface area contributed by atoms with Crippen LogP contribution in [0.25, 0.3) is 0 Å². The molecule has 2 aliphatic rings. The van der Waals surface area contributed by atoms with Gasteiger partial charge in [-0.1, -0.05) is 19.1 Å². The van der Waals surface area contributed by atoms with Crippen molar-refractivity contribution in [3.05, 3.63) is 12.2 Å². The molecule has 15 heavy (non-hydrogen) atoms. The van der Waals surface area contributed by atoms with Crippen LogP contribution in [0.5, 0.6) is 0 Å². The first-order chi connectivity index (χ1) is 7.22. The summed E-state index contributed by atoms with van der Waals surface area (Å²) in [5.41, 5.74) is 0. The molecule has 0 saturated heterocycles. The molecule has 1 fully saturated rings. The highest BCUT2D eigenvalue weighted by Crippen LogP contribution is 2.45. The van der Waals surface area contributed by atoms with Gasteiger partial charge >= 0.3 is 5.97 Å². The van der Waals surface area contributed by atoms with Crippen molar-refractivity contribution in [3.63, 3.8) is 0 Å². The van der Waals surface area contributed by atoms with Gasteiger partial charge in [0, 0.05) is 18.3 Å². The molecule has 1 saturated carbocycles. The summed E-state index contributed by atoms with van der Waals surface area (Å²) in [6.07, 6.45) is 6.13. The van der Waals surface area contributed by atoms with E-state index in [1.54, 1.807) is 0 Å². The maximum Gasteiger partial charge on any atom is 0.306 e. The number of carbonyl (C=O) groups excluding carboxylic acids is 1. The van der Waals surface area contributed by atoms with Crippen LogP contribution in [-0.2, 0) is 9.53 Å². The maximum atomic E-state index is 11.4. The number of esters is 1. The van der Waals surface area contributed by atoms with Crippen molar-refractivity contribution in [2.24, 2.45) is 17.8 Å². The van der Waals surface area contributed by atoms with Gasteiger partial charge in [-0.15, -0.1) is 0 Å². The molecule has 4 unspecified atom stereocenters. The number of fused-ring (bicyclic) bond motifs is 2. The van der Waals surface area contributed by atoms with Crippen LogP contribution in [0, 0.1) is 17.8 Å². The molecule has 0 radical (unpaired) electrons. The van der Waals surface area contributed by atoms with Crippen LogP contribution in [0.4, 0.5) is 0 Å². The average Bonchev–Trinajstić information content (AvgIpc) is 2.71. The van der Waals surface area contributed by atoms with E-state index in [0.29, 0.717) is 18.9 Å². The standard InChI is InChI=1S/C12H18O3/c1-2-5-15-11(13)7-9-6-8-3-4-10(9)12(8)14/h3-4,8-10,12,14H,2,5-7H2,1H3. The molecule has 4 atom stereocenters. The molecule has 3 heteroatoms. The summed E-state index contributed by atoms with van der Waals surface area (Å²) in [6, 6.07) is 0. The molecule has 0 aromatic carbocycles. The first-order valence-electron chi connectivity index (χ1n) is 5.74. The summed E-state index contributed by atoms with van der Waals surface area (Å²) in [5, 5.41) is 9.77. The lowest BCUT2D eigenvalue weighted by Crippen LogP contribution is -2.19. The topological polar surface area (TPSA) is 46.5 Å². The lowest BCUT2D eigenvalue weighted by atomic mass is 9.90. The first-order valence-corrected chi connectivity index (χ1v) is 5.74. The molecule has 0 heterocycles. The average molecular weight is 210 g/mol. The number of ether oxygens (including phenoxy) is 1. The van der Waals surface area contributed by atoms with E-state index in [-0.39, 0.29) is 23.9 Å². The van der Waals surface area contributed by atoms with E-state index < -0.39 is 0 Å². The Labute approximate surface area is 90.1 Å². The van der Waals surface area contributed by atoms with Gasteiger partial charge in [-0.2, -0.15) is 0 Å². The summed E-state index contributed by atoms with van der Waals surface area (Å²) in [7, 11) is 0. The minimum Gasteiger partial charge on any atom is -0.466 e. The molecule has 84 valence electrons. The second-order valence-corrected chi connectivity index (χ2v) is 4.54. The Balaban J connectivity index is 1.82. The quantitative estimate of drug-likeness (QED) is 0.565. The fraction of sp³-hybridized carbons (Fsp3) is 0.750. The molecule has 0 aromatic rings. The van der Waals surface area contributed by atoms with Crippen molar-refractivity contribution in [2.75, 3.05) is 6.61 Å². The lowest BCUT2D eigenvalue weighted by Gasteiger charge is -2.16. The summed E-state index contributed by atoms with van der Waals surface area (Å²) in [4.78, 5) is 11.4. The van der Waals surface area contributed by atoms with Crippen molar-refractivity contribution in [1.82, 2.24) is 0 Å². The Bertz CT molecular complexity index is 272. The van der Waals surface area contributed by atoms with E-state index >= 15 is 0 Å². The summed E-state index contributed by atoms with van der Waals surface area (Å²) in [6.45, 7) is 2.50. The maximum absolute atomic E-state index is 11.4. The molecular weight excluding hydrogens is 192 g/mol. The van der Waals surface area contributed by atoms with Gasteiger partial charge in [-0.25, -0.2) is 0 Å². The molecule has 1 N–H and O–H groups in total. The van der Waals surface area contributed by atoms with Crippen LogP contribution in [-0.4, -0.2) is 23.8 Å². The molecule has 3 nitrogen and oxygen atoms in total. The number of carbonyl (C=O) groups is 1. The van der Waals surface area contributed by atoms with Crippen LogP contribution < -0.4 is 0 Å². The SMILES string of the molecule is CCCOC(=O)CC1CC2C=CC1C2O. The first kappa shape index (κ1) is 10.7. The Hall–Kier alpha value is -0.830. The van der Waals surface area contributed by atoms with Crippen LogP contribution >= 0.6 is 0 Å². The Morgan fingerprint density at radius 1 is 1.53 bits per heavy atom. The van der Waals surface area contributed by atoms with Gasteiger partial charge in [0.15, 0.2) is 0 Å². The van der Waals surface area contributed by atoms with Crippen molar-refractivity contribution < 1.29 is 14.6 Å². The number of hydrogen-bond donors (Lipinski definition) is 1. The predicted octanol–water partition coefficient (Wildman–Crippen LogP) is 1.51. The molecule has 2 aliphatic carbocycles. The second kappa shape index (κ2) is 4.35. The normalized spacial score (nSPS) is 37.2. The monoisotopic (exact) mass is 210 g/mol. The highest BCUT2D eigenvalue weighted by molar-refractivity contribution is 5.69. The molecule has 0 aliphatic heterocycles. The van der Waals surface area contributed by atoms with Crippen LogP contribution in [0.2, 0.25) is 0 Å². The van der Waals surface area contributed by atoms with Gasteiger partial charge in [0.1, 0.15) is 0 Å². The fourth-order valence-electron chi connectivity index (χ4n) is 2.65. The highest BCUT2D eigenvalue weighted by atomic mass is 16.5. The fourth-order valence-corrected chi connectivity index (χ4v) is 2.65. The van der Waals surface area contributed by atoms with Gasteiger partial charge in [0.05, 0.1) is 12.7 Å². The van der Waals surface area contributed by atoms with Gasteiger partial charge in [0.2, 0.25) is 0 Å². The number of aliphatic hydroxyl groups is 1. The zero-order chi connectivity index (χ0) is 10.8. The Morgan fingerprint density at radius 3 is 2.87 bits per heavy atom. The van der Waals surface area contributed by atoms with E-state index in [2.05, 4.69) is 12.2 Å². The van der Waals surface area contributed by atoms with Gasteiger partial charge in [0.25, 0.3) is 0 Å².